The Labute approximate surface area is 201 Å². The Morgan fingerprint density at radius 1 is 1.38 bits per heavy atom. The van der Waals surface area contributed by atoms with Gasteiger partial charge in [0.25, 0.3) is 5.82 Å². The molecule has 3 heterocycles. The second kappa shape index (κ2) is 9.78. The maximum atomic E-state index is 9.46. The van der Waals surface area contributed by atoms with Crippen molar-refractivity contribution in [3.05, 3.63) is 30.5 Å². The second-order valence-electron chi connectivity index (χ2n) is 10.6. The zero-order chi connectivity index (χ0) is 24.3. The summed E-state index contributed by atoms with van der Waals surface area (Å²) in [6, 6.07) is 3.39. The number of nitriles is 1. The summed E-state index contributed by atoms with van der Waals surface area (Å²) in [5.41, 5.74) is 2.65. The molecule has 0 amide bonds. The maximum Gasteiger partial charge on any atom is 0.276 e. The first-order valence-electron chi connectivity index (χ1n) is 11.9. The highest BCUT2D eigenvalue weighted by Crippen LogP contribution is 2.41. The van der Waals surface area contributed by atoms with E-state index >= 15 is 0 Å². The van der Waals surface area contributed by atoms with Crippen molar-refractivity contribution in [3.8, 4) is 17.3 Å². The predicted molar refractivity (Wildman–Crippen MR) is 134 cm³/mol. The molecule has 1 aliphatic heterocycles. The Bertz CT molecular complexity index is 1120. The molecule has 1 aliphatic carbocycles. The van der Waals surface area contributed by atoms with Gasteiger partial charge in [-0.15, -0.1) is 9.80 Å². The van der Waals surface area contributed by atoms with Crippen LogP contribution in [0.25, 0.3) is 17.3 Å². The molecule has 4 rings (SSSR count). The summed E-state index contributed by atoms with van der Waals surface area (Å²) in [5.74, 6) is 1.38. The Hall–Kier alpha value is -2.87. The molecule has 2 aromatic rings. The molecule has 1 fully saturated rings. The molecule has 2 aromatic heterocycles. The molecule has 1 N–H and O–H groups in total. The van der Waals surface area contributed by atoms with Gasteiger partial charge in [-0.2, -0.15) is 20.2 Å². The third-order valence-electron chi connectivity index (χ3n) is 6.87. The van der Waals surface area contributed by atoms with Crippen molar-refractivity contribution in [3.63, 3.8) is 0 Å². The van der Waals surface area contributed by atoms with Crippen LogP contribution < -0.4 is 4.65 Å². The van der Waals surface area contributed by atoms with Gasteiger partial charge in [-0.3, -0.25) is 4.68 Å². The van der Waals surface area contributed by atoms with Crippen LogP contribution in [0.4, 0.5) is 5.82 Å². The Kier molecular flexibility index (Phi) is 6.98. The molecule has 2 aliphatic rings. The van der Waals surface area contributed by atoms with E-state index in [1.54, 1.807) is 12.5 Å². The van der Waals surface area contributed by atoms with Gasteiger partial charge in [0.2, 0.25) is 0 Å². The SMILES string of the molecule is C[N+]1(OCC[Si](C)(C)C)C=Cc2c(-c3cnn(C(CC#N)C4CCC(C=NO)C4)c3)ncnc21. The summed E-state index contributed by atoms with van der Waals surface area (Å²) in [4.78, 5) is 15.4. The van der Waals surface area contributed by atoms with Crippen molar-refractivity contribution in [1.82, 2.24) is 24.4 Å². The number of hydrogen-bond acceptors (Lipinski definition) is 7. The quantitative estimate of drug-likeness (QED) is 0.180. The van der Waals surface area contributed by atoms with Crippen molar-refractivity contribution in [2.75, 3.05) is 13.7 Å². The van der Waals surface area contributed by atoms with E-state index in [0.717, 1.165) is 47.9 Å². The van der Waals surface area contributed by atoms with Crippen LogP contribution in [0.15, 0.2) is 30.1 Å². The van der Waals surface area contributed by atoms with Crippen molar-refractivity contribution >= 4 is 26.2 Å². The van der Waals surface area contributed by atoms with E-state index in [1.165, 1.54) is 0 Å². The molecule has 4 atom stereocenters. The summed E-state index contributed by atoms with van der Waals surface area (Å²) in [6.45, 7) is 7.71. The lowest BCUT2D eigenvalue weighted by molar-refractivity contribution is -0.0852. The molecular weight excluding hydrogens is 446 g/mol. The maximum absolute atomic E-state index is 9.46. The van der Waals surface area contributed by atoms with Crippen LogP contribution in [0.1, 0.15) is 37.3 Å². The lowest BCUT2D eigenvalue weighted by atomic mass is 9.95. The van der Waals surface area contributed by atoms with Crippen LogP contribution in [0.3, 0.4) is 0 Å². The molecule has 0 spiro atoms. The largest absolute Gasteiger partial charge is 0.411 e. The van der Waals surface area contributed by atoms with Crippen LogP contribution in [-0.2, 0) is 4.84 Å². The summed E-state index contributed by atoms with van der Waals surface area (Å²) < 4.78 is 2.11. The van der Waals surface area contributed by atoms with Gasteiger partial charge >= 0.3 is 0 Å². The minimum Gasteiger partial charge on any atom is -0.411 e. The topological polar surface area (TPSA) is 109 Å². The average molecular weight is 481 g/mol. The molecule has 0 radical (unpaired) electrons. The summed E-state index contributed by atoms with van der Waals surface area (Å²) >= 11 is 0. The van der Waals surface area contributed by atoms with E-state index in [9.17, 15) is 5.26 Å². The average Bonchev–Trinajstić information content (AvgIpc) is 3.51. The van der Waals surface area contributed by atoms with Crippen LogP contribution in [0.5, 0.6) is 0 Å². The van der Waals surface area contributed by atoms with Gasteiger partial charge in [-0.1, -0.05) is 19.6 Å². The van der Waals surface area contributed by atoms with E-state index < -0.39 is 8.07 Å². The first-order chi connectivity index (χ1) is 16.2. The highest BCUT2D eigenvalue weighted by Gasteiger charge is 2.37. The zero-order valence-corrected chi connectivity index (χ0v) is 21.4. The van der Waals surface area contributed by atoms with Gasteiger partial charge < -0.3 is 5.21 Å². The monoisotopic (exact) mass is 480 g/mol. The Morgan fingerprint density at radius 3 is 2.94 bits per heavy atom. The molecule has 34 heavy (non-hydrogen) atoms. The van der Waals surface area contributed by atoms with E-state index in [4.69, 9.17) is 10.0 Å². The standard InChI is InChI=1S/C24H33N7O2Si/c1-31(33-11-12-34(2,3)4)10-8-21-23(26-17-27-24(21)31)20-15-28-30(16-20)22(7-9-25)19-6-5-18(13-19)14-29-32/h8,10,14-19,22H,5-7,11-13H2,1-4H3/p+1. The van der Waals surface area contributed by atoms with Crippen LogP contribution in [-0.4, -0.2) is 52.9 Å². The van der Waals surface area contributed by atoms with Crippen LogP contribution in [0.2, 0.25) is 25.7 Å². The number of fused-ring (bicyclic) bond motifs is 1. The van der Waals surface area contributed by atoms with Crippen molar-refractivity contribution in [2.24, 2.45) is 17.0 Å². The lowest BCUT2D eigenvalue weighted by Crippen LogP contribution is -2.40. The highest BCUT2D eigenvalue weighted by molar-refractivity contribution is 6.76. The molecule has 1 saturated carbocycles. The Morgan fingerprint density at radius 2 is 2.21 bits per heavy atom. The van der Waals surface area contributed by atoms with E-state index in [1.807, 2.05) is 36.4 Å². The van der Waals surface area contributed by atoms with E-state index in [2.05, 4.69) is 45.9 Å². The first-order valence-corrected chi connectivity index (χ1v) is 15.6. The van der Waals surface area contributed by atoms with E-state index in [0.29, 0.717) is 18.9 Å². The summed E-state index contributed by atoms with van der Waals surface area (Å²) in [7, 11) is 0.804. The fraction of sp³-hybridized carbons (Fsp3) is 0.542. The number of rotatable bonds is 9. The summed E-state index contributed by atoms with van der Waals surface area (Å²) in [6.07, 6.45) is 14.2. The predicted octanol–water partition coefficient (Wildman–Crippen LogP) is 4.86. The van der Waals surface area contributed by atoms with Gasteiger partial charge in [-0.05, 0) is 37.1 Å². The fourth-order valence-electron chi connectivity index (χ4n) is 4.90. The number of aromatic nitrogens is 4. The molecular formula is C24H34N7O2Si+. The number of oxime groups is 1. The minimum atomic E-state index is -1.20. The molecule has 0 aromatic carbocycles. The smallest absolute Gasteiger partial charge is 0.276 e. The van der Waals surface area contributed by atoms with Gasteiger partial charge in [0.05, 0.1) is 36.0 Å². The molecule has 180 valence electrons. The van der Waals surface area contributed by atoms with Crippen molar-refractivity contribution < 1.29 is 10.0 Å². The molecule has 10 heteroatoms. The van der Waals surface area contributed by atoms with Crippen molar-refractivity contribution in [1.29, 1.82) is 5.26 Å². The van der Waals surface area contributed by atoms with Gasteiger partial charge in [-0.25, -0.2) is 4.98 Å². The molecule has 4 unspecified atom stereocenters. The lowest BCUT2D eigenvalue weighted by Gasteiger charge is -2.25. The third-order valence-corrected chi connectivity index (χ3v) is 8.58. The number of quaternary nitrogens is 1. The van der Waals surface area contributed by atoms with Gasteiger partial charge in [0.15, 0.2) is 0 Å². The molecule has 9 nitrogen and oxygen atoms in total. The first kappa shape index (κ1) is 24.3. The molecule has 0 saturated heterocycles. The number of hydrogen-bond donors (Lipinski definition) is 1. The zero-order valence-electron chi connectivity index (χ0n) is 20.4. The van der Waals surface area contributed by atoms with E-state index in [-0.39, 0.29) is 16.6 Å². The summed E-state index contributed by atoms with van der Waals surface area (Å²) in [5, 5.41) is 26.2. The van der Waals surface area contributed by atoms with Gasteiger partial charge in [0, 0.05) is 32.1 Å². The normalized spacial score (nSPS) is 25.0. The molecule has 0 bridgehead atoms. The number of hydroxylamine groups is 2. The Balaban J connectivity index is 1.56. The van der Waals surface area contributed by atoms with Crippen LogP contribution in [0, 0.1) is 23.2 Å². The minimum absolute atomic E-state index is 0.0211. The second-order valence-corrected chi connectivity index (χ2v) is 16.3. The van der Waals surface area contributed by atoms with Crippen molar-refractivity contribution in [2.45, 2.75) is 57.4 Å². The highest BCUT2D eigenvalue weighted by atomic mass is 28.3. The third kappa shape index (κ3) is 5.11. The van der Waals surface area contributed by atoms with Gasteiger partial charge in [0.1, 0.15) is 26.2 Å². The fourth-order valence-corrected chi connectivity index (χ4v) is 5.60. The van der Waals surface area contributed by atoms with Crippen LogP contribution >= 0.6 is 0 Å². The number of nitrogens with zero attached hydrogens (tertiary/aromatic N) is 7.